The van der Waals surface area contributed by atoms with Gasteiger partial charge < -0.3 is 0 Å². The van der Waals surface area contributed by atoms with E-state index in [0.717, 1.165) is 0 Å². The molecule has 0 rings (SSSR count). The second-order valence-electron chi connectivity index (χ2n) is 0.916. The predicted octanol–water partition coefficient (Wildman–Crippen LogP) is 2.50. The molecule has 0 heterocycles. The summed E-state index contributed by atoms with van der Waals surface area (Å²) < 4.78 is 7.80. The average Bonchev–Trinajstić information content (AvgIpc) is 1.64. The van der Waals surface area contributed by atoms with Gasteiger partial charge in [0.1, 0.15) is 0 Å². The molecule has 0 saturated heterocycles. The first kappa shape index (κ1) is 10.9. The Labute approximate surface area is 87.6 Å². The van der Waals surface area contributed by atoms with Crippen molar-refractivity contribution < 1.29 is 0 Å². The molecule has 0 spiro atoms. The van der Waals surface area contributed by atoms with Crippen LogP contribution in [-0.4, -0.2) is 21.3 Å². The maximum absolute atomic E-state index is 4.42. The molecule has 0 N–H and O–H groups in total. The topological polar surface area (TPSA) is 24.7 Å². The van der Waals surface area contributed by atoms with Gasteiger partial charge in [0, 0.05) is 0 Å². The van der Waals surface area contributed by atoms with Crippen molar-refractivity contribution in [1.29, 1.82) is 0 Å². The van der Waals surface area contributed by atoms with Gasteiger partial charge in [0.2, 0.25) is 0 Å². The number of nitrogens with zero attached hydrogens (tertiary/aromatic N) is 2. The van der Waals surface area contributed by atoms with E-state index in [1.807, 2.05) is 0 Å². The van der Waals surface area contributed by atoms with Gasteiger partial charge in [0.05, 0.1) is 0 Å². The number of hydrogen-bond donors (Lipinski definition) is 0. The Morgan fingerprint density at radius 2 is 1.44 bits per heavy atom. The summed E-state index contributed by atoms with van der Waals surface area (Å²) in [7, 11) is -2.61. The summed E-state index contributed by atoms with van der Waals surface area (Å²) in [6.45, 7) is 0. The van der Waals surface area contributed by atoms with Crippen molar-refractivity contribution in [3.05, 3.63) is 0 Å². The summed E-state index contributed by atoms with van der Waals surface area (Å²) in [4.78, 5) is 0. The van der Waals surface area contributed by atoms with Gasteiger partial charge in [0.25, 0.3) is 0 Å². The molecule has 0 bridgehead atoms. The van der Waals surface area contributed by atoms with Crippen LogP contribution in [0.25, 0.3) is 0 Å². The van der Waals surface area contributed by atoms with Gasteiger partial charge in [-0.2, -0.15) is 0 Å². The zero-order valence-electron chi connectivity index (χ0n) is 3.97. The van der Waals surface area contributed by atoms with Gasteiger partial charge in [0.15, 0.2) is 0 Å². The quantitative estimate of drug-likeness (QED) is 0.258. The van der Waals surface area contributed by atoms with Crippen LogP contribution in [0.4, 0.5) is 0 Å². The number of hydrogen-bond acceptors (Lipinski definition) is 4. The molecule has 2 nitrogen and oxygen atoms in total. The summed E-state index contributed by atoms with van der Waals surface area (Å²) >= 11 is 13.2. The number of rotatable bonds is 2. The summed E-state index contributed by atoms with van der Waals surface area (Å²) in [6.07, 6.45) is 0. The van der Waals surface area contributed by atoms with Gasteiger partial charge in [-0.05, 0) is 0 Å². The summed E-state index contributed by atoms with van der Waals surface area (Å²) in [5, 5.41) is 4.60. The van der Waals surface area contributed by atoms with E-state index in [2.05, 4.69) is 78.5 Å². The number of halogens is 2. The summed E-state index contributed by atoms with van der Waals surface area (Å²) in [5.41, 5.74) is 0. The van der Waals surface area contributed by atoms with Crippen LogP contribution in [0.3, 0.4) is 0 Å². The van der Waals surface area contributed by atoms with E-state index in [0.29, 0.717) is 0 Å². The van der Waals surface area contributed by atoms with Gasteiger partial charge in [-0.15, -0.1) is 0 Å². The monoisotopic (exact) mass is 490 g/mol. The zero-order chi connectivity index (χ0) is 7.33. The van der Waals surface area contributed by atoms with Gasteiger partial charge in [-0.25, -0.2) is 0 Å². The third-order valence-corrected chi connectivity index (χ3v) is 10.1. The Bertz CT molecular complexity index is 173. The van der Waals surface area contributed by atoms with Crippen LogP contribution < -0.4 is 0 Å². The molecule has 0 radical (unpaired) electrons. The molecule has 0 unspecified atom stereocenters. The Kier molecular flexibility index (Phi) is 6.64. The van der Waals surface area contributed by atoms with Crippen LogP contribution in [0.1, 0.15) is 0 Å². The van der Waals surface area contributed by atoms with E-state index in [-0.39, 0.29) is 0 Å². The molecule has 7 heteroatoms. The predicted molar refractivity (Wildman–Crippen MR) is 63.8 cm³/mol. The average molecular weight is 489 g/mol. The fraction of sp³-hybridized carbons (Fsp3) is 0. The Balaban J connectivity index is 4.36. The zero-order valence-corrected chi connectivity index (χ0v) is 12.8. The van der Waals surface area contributed by atoms with Gasteiger partial charge in [-0.3, -0.25) is 0 Å². The van der Waals surface area contributed by atoms with E-state index in [9.17, 15) is 0 Å². The van der Waals surface area contributed by atoms with Crippen molar-refractivity contribution in [3.8, 4) is 0 Å². The van der Waals surface area contributed by atoms with Crippen molar-refractivity contribution in [2.24, 2.45) is 6.43 Å². The van der Waals surface area contributed by atoms with Gasteiger partial charge >= 0.3 is 89.4 Å². The molecule has 48 valence electrons. The molecule has 0 aromatic heterocycles. The van der Waals surface area contributed by atoms with Gasteiger partial charge in [-0.1, -0.05) is 0 Å². The molecule has 9 heavy (non-hydrogen) atoms. The molecule has 0 aliphatic rings. The normalized spacial score (nSPS) is 9.11. The van der Waals surface area contributed by atoms with Crippen LogP contribution in [0.5, 0.6) is 0 Å². The van der Waals surface area contributed by atoms with E-state index >= 15 is 0 Å². The number of isothiocyanates is 2. The first-order valence-corrected chi connectivity index (χ1v) is 21.7. The van der Waals surface area contributed by atoms with Crippen molar-refractivity contribution in [3.63, 3.8) is 0 Å². The maximum atomic E-state index is 4.42. The van der Waals surface area contributed by atoms with Crippen molar-refractivity contribution >= 4 is 83.0 Å². The molecule has 0 fully saturated rings. The van der Waals surface area contributed by atoms with E-state index in [1.54, 1.807) is 0 Å². The summed E-state index contributed by atoms with van der Waals surface area (Å²) in [6, 6.07) is 0. The fourth-order valence-electron chi connectivity index (χ4n) is 0.135. The van der Waals surface area contributed by atoms with Crippen molar-refractivity contribution in [1.82, 2.24) is 0 Å². The van der Waals surface area contributed by atoms with E-state index < -0.39 is 11.0 Å². The first-order valence-electron chi connectivity index (χ1n) is 1.68. The SMILES string of the molecule is S=C=[N][Sn]([I])([I])[N]=C=S. The Hall–Kier alpha value is 1.86. The molecule has 0 aromatic carbocycles. The molecule has 0 amide bonds. The second kappa shape index (κ2) is 5.50. The molecule has 0 saturated carbocycles. The molecule has 0 atom stereocenters. The fourth-order valence-corrected chi connectivity index (χ4v) is 10.3. The van der Waals surface area contributed by atoms with E-state index in [1.165, 1.54) is 0 Å². The standard InChI is InChI=1S/2CNS.2HI.Sn/c2*2-1-3;;;/h;;2*1H;/q2*-1;;;+4/p-2. The molecule has 0 aromatic rings. The Morgan fingerprint density at radius 3 is 1.67 bits per heavy atom. The summed E-state index contributed by atoms with van der Waals surface area (Å²) in [5.74, 6) is 0. The van der Waals surface area contributed by atoms with E-state index in [4.69, 9.17) is 0 Å². The third kappa shape index (κ3) is 6.26. The first-order chi connectivity index (χ1) is 4.12. The number of thiocarbonyl (C=S) groups is 2. The van der Waals surface area contributed by atoms with Crippen LogP contribution >= 0.6 is 61.7 Å². The van der Waals surface area contributed by atoms with Crippen LogP contribution in [0.15, 0.2) is 6.43 Å². The van der Waals surface area contributed by atoms with Crippen molar-refractivity contribution in [2.45, 2.75) is 0 Å². The Morgan fingerprint density at radius 1 is 1.11 bits per heavy atom. The van der Waals surface area contributed by atoms with Crippen LogP contribution in [0, 0.1) is 0 Å². The van der Waals surface area contributed by atoms with Crippen molar-refractivity contribution in [2.75, 3.05) is 0 Å². The minimum absolute atomic E-state index is 2.18. The minimum atomic E-state index is -2.61. The third-order valence-electron chi connectivity index (χ3n) is 0.360. The van der Waals surface area contributed by atoms with Crippen LogP contribution in [-0.2, 0) is 0 Å². The molecular weight excluding hydrogens is 489 g/mol. The second-order valence-corrected chi connectivity index (χ2v) is 39.5. The van der Waals surface area contributed by atoms with Crippen LogP contribution in [0.2, 0.25) is 0 Å². The molecular formula is C2I2N2S2Sn. The molecule has 0 aliphatic heterocycles. The molecule has 0 aliphatic carbocycles.